The van der Waals surface area contributed by atoms with Crippen LogP contribution in [0.2, 0.25) is 0 Å². The first-order valence-electron chi connectivity index (χ1n) is 32.5. The molecule has 0 fully saturated rings. The molecule has 0 aromatic heterocycles. The average Bonchev–Trinajstić information content (AvgIpc) is 3.44. The minimum atomic E-state index is -0.795. The van der Waals surface area contributed by atoms with Gasteiger partial charge in [-0.2, -0.15) is 0 Å². The van der Waals surface area contributed by atoms with Gasteiger partial charge in [-0.05, 0) is 116 Å². The number of carbonyl (C=O) groups excluding carboxylic acids is 3. The lowest BCUT2D eigenvalue weighted by Crippen LogP contribution is -2.30. The van der Waals surface area contributed by atoms with Crippen molar-refractivity contribution >= 4 is 17.9 Å². The summed E-state index contributed by atoms with van der Waals surface area (Å²) in [6.45, 7) is 6.50. The van der Waals surface area contributed by atoms with Crippen LogP contribution in [0.5, 0.6) is 0 Å². The van der Waals surface area contributed by atoms with Crippen LogP contribution >= 0.6 is 0 Å². The molecule has 78 heavy (non-hydrogen) atoms. The largest absolute Gasteiger partial charge is 0.462 e. The first-order valence-corrected chi connectivity index (χ1v) is 32.5. The molecular formula is C72H120O6. The first kappa shape index (κ1) is 73.8. The summed E-state index contributed by atoms with van der Waals surface area (Å²) in [4.78, 5) is 38.2. The van der Waals surface area contributed by atoms with E-state index in [4.69, 9.17) is 14.2 Å². The topological polar surface area (TPSA) is 78.9 Å². The SMILES string of the molecule is CC/C=C\C/C=C\C/C=C\C/C=C\C/C=C\C/C=C\C/C=C\C/C=C\C/C=C\CCCCCC(=O)OCC(COC(=O)CCCCCCCCCCCCC)OC(=O)CCCCCCCCC/C=C\CCCCCCCCC. The van der Waals surface area contributed by atoms with Gasteiger partial charge in [-0.1, -0.05) is 284 Å². The van der Waals surface area contributed by atoms with Gasteiger partial charge in [0.15, 0.2) is 6.10 Å². The van der Waals surface area contributed by atoms with Gasteiger partial charge in [-0.25, -0.2) is 0 Å². The fraction of sp³-hybridized carbons (Fsp3) is 0.681. The quantitative estimate of drug-likeness (QED) is 0.0261. The van der Waals surface area contributed by atoms with E-state index in [0.717, 1.165) is 122 Å². The molecule has 0 spiro atoms. The van der Waals surface area contributed by atoms with Gasteiger partial charge in [0.1, 0.15) is 13.2 Å². The second-order valence-electron chi connectivity index (χ2n) is 21.3. The van der Waals surface area contributed by atoms with Crippen molar-refractivity contribution < 1.29 is 28.6 Å². The van der Waals surface area contributed by atoms with Crippen LogP contribution in [0.4, 0.5) is 0 Å². The van der Waals surface area contributed by atoms with Crippen LogP contribution in [0.15, 0.2) is 122 Å². The van der Waals surface area contributed by atoms with E-state index < -0.39 is 6.10 Å². The molecule has 0 rings (SSSR count). The normalized spacial score (nSPS) is 12.9. The molecule has 0 aromatic rings. The van der Waals surface area contributed by atoms with Crippen molar-refractivity contribution in [1.29, 1.82) is 0 Å². The Hall–Kier alpha value is -4.19. The van der Waals surface area contributed by atoms with Crippen LogP contribution in [0.25, 0.3) is 0 Å². The van der Waals surface area contributed by atoms with Gasteiger partial charge in [-0.3, -0.25) is 14.4 Å². The third-order valence-corrected chi connectivity index (χ3v) is 13.7. The molecule has 1 unspecified atom stereocenters. The Morgan fingerprint density at radius 1 is 0.269 bits per heavy atom. The summed E-state index contributed by atoms with van der Waals surface area (Å²) in [7, 11) is 0. The number of unbranched alkanes of at least 4 members (excludes halogenated alkanes) is 27. The van der Waals surface area contributed by atoms with Crippen LogP contribution in [0.3, 0.4) is 0 Å². The zero-order chi connectivity index (χ0) is 56.4. The highest BCUT2D eigenvalue weighted by Crippen LogP contribution is 2.15. The second-order valence-corrected chi connectivity index (χ2v) is 21.3. The van der Waals surface area contributed by atoms with Crippen molar-refractivity contribution in [3.8, 4) is 0 Å². The van der Waals surface area contributed by atoms with Gasteiger partial charge in [0.05, 0.1) is 0 Å². The lowest BCUT2D eigenvalue weighted by Gasteiger charge is -2.18. The maximum atomic E-state index is 12.9. The highest BCUT2D eigenvalue weighted by Gasteiger charge is 2.19. The molecule has 0 amide bonds. The Morgan fingerprint density at radius 3 is 0.808 bits per heavy atom. The van der Waals surface area contributed by atoms with Gasteiger partial charge in [-0.15, -0.1) is 0 Å². The third kappa shape index (κ3) is 62.7. The van der Waals surface area contributed by atoms with Crippen molar-refractivity contribution in [2.24, 2.45) is 0 Å². The maximum Gasteiger partial charge on any atom is 0.306 e. The molecule has 444 valence electrons. The molecule has 0 aliphatic carbocycles. The lowest BCUT2D eigenvalue weighted by atomic mass is 10.1. The van der Waals surface area contributed by atoms with E-state index in [1.165, 1.54) is 135 Å². The van der Waals surface area contributed by atoms with E-state index in [9.17, 15) is 14.4 Å². The second kappa shape index (κ2) is 65.3. The first-order chi connectivity index (χ1) is 38.5. The van der Waals surface area contributed by atoms with E-state index in [1.54, 1.807) is 0 Å². The highest BCUT2D eigenvalue weighted by atomic mass is 16.6. The zero-order valence-electron chi connectivity index (χ0n) is 50.9. The van der Waals surface area contributed by atoms with E-state index in [0.29, 0.717) is 19.3 Å². The van der Waals surface area contributed by atoms with Crippen LogP contribution in [0, 0.1) is 0 Å². The predicted octanol–water partition coefficient (Wildman–Crippen LogP) is 22.4. The zero-order valence-corrected chi connectivity index (χ0v) is 50.9. The molecule has 0 saturated carbocycles. The Bertz CT molecular complexity index is 1620. The Labute approximate surface area is 482 Å². The van der Waals surface area contributed by atoms with E-state index >= 15 is 0 Å². The predicted molar refractivity (Wildman–Crippen MR) is 339 cm³/mol. The summed E-state index contributed by atoms with van der Waals surface area (Å²) in [5, 5.41) is 0. The summed E-state index contributed by atoms with van der Waals surface area (Å²) in [6.07, 6.45) is 90.6. The minimum Gasteiger partial charge on any atom is -0.462 e. The molecule has 0 aromatic carbocycles. The summed E-state index contributed by atoms with van der Waals surface area (Å²) >= 11 is 0. The molecule has 0 radical (unpaired) electrons. The monoisotopic (exact) mass is 1080 g/mol. The molecule has 6 nitrogen and oxygen atoms in total. The standard InChI is InChI=1S/C72H120O6/c1-4-7-10-13-16-19-22-24-26-28-30-31-32-33-34-35-36-37-38-39-40-41-42-44-45-47-50-53-56-59-62-65-71(74)77-68-69(67-76-70(73)64-61-58-55-52-49-21-18-15-12-9-6-3)78-72(75)66-63-60-57-54-51-48-46-43-29-27-25-23-20-17-14-11-8-5-2/h7,10,16,19,24,26-27,29-31,33-34,36-37,39-40,42,44,47,50,69H,4-6,8-9,11-15,17-18,20-23,25,28,32,35,38,41,43,45-46,48-49,51-68H2,1-3H3/b10-7-,19-16-,26-24-,29-27-,31-30-,34-33-,37-36-,40-39-,44-42-,50-47-. The molecule has 1 atom stereocenters. The highest BCUT2D eigenvalue weighted by molar-refractivity contribution is 5.71. The van der Waals surface area contributed by atoms with Crippen molar-refractivity contribution in [3.63, 3.8) is 0 Å². The van der Waals surface area contributed by atoms with Crippen LogP contribution in [0.1, 0.15) is 297 Å². The number of esters is 3. The number of hydrogen-bond acceptors (Lipinski definition) is 6. The average molecular weight is 1080 g/mol. The van der Waals surface area contributed by atoms with Gasteiger partial charge >= 0.3 is 17.9 Å². The van der Waals surface area contributed by atoms with Crippen molar-refractivity contribution in [1.82, 2.24) is 0 Å². The molecule has 0 saturated heterocycles. The van der Waals surface area contributed by atoms with Gasteiger partial charge in [0.2, 0.25) is 0 Å². The smallest absolute Gasteiger partial charge is 0.306 e. The third-order valence-electron chi connectivity index (χ3n) is 13.7. The minimum absolute atomic E-state index is 0.0898. The molecular weight excluding hydrogens is 961 g/mol. The molecule has 0 aliphatic heterocycles. The van der Waals surface area contributed by atoms with Crippen molar-refractivity contribution in [2.45, 2.75) is 303 Å². The molecule has 6 heteroatoms. The Morgan fingerprint density at radius 2 is 0.500 bits per heavy atom. The van der Waals surface area contributed by atoms with Gasteiger partial charge in [0, 0.05) is 19.3 Å². The Balaban J connectivity index is 4.35. The number of carbonyl (C=O) groups is 3. The number of hydrogen-bond donors (Lipinski definition) is 0. The number of ether oxygens (including phenoxy) is 3. The molecule has 0 N–H and O–H groups in total. The summed E-state index contributed by atoms with van der Waals surface area (Å²) in [5.74, 6) is -0.924. The summed E-state index contributed by atoms with van der Waals surface area (Å²) in [5.41, 5.74) is 0. The molecule has 0 heterocycles. The van der Waals surface area contributed by atoms with E-state index in [1.807, 2.05) is 0 Å². The van der Waals surface area contributed by atoms with E-state index in [-0.39, 0.29) is 31.1 Å². The van der Waals surface area contributed by atoms with Crippen LogP contribution < -0.4 is 0 Å². The maximum absolute atomic E-state index is 12.9. The fourth-order valence-corrected chi connectivity index (χ4v) is 8.84. The summed E-state index contributed by atoms with van der Waals surface area (Å²) in [6, 6.07) is 0. The molecule has 0 bridgehead atoms. The van der Waals surface area contributed by atoms with Crippen molar-refractivity contribution in [3.05, 3.63) is 122 Å². The number of rotatable bonds is 58. The van der Waals surface area contributed by atoms with Crippen molar-refractivity contribution in [2.75, 3.05) is 13.2 Å². The molecule has 0 aliphatic rings. The van der Waals surface area contributed by atoms with Crippen LogP contribution in [-0.2, 0) is 28.6 Å². The lowest BCUT2D eigenvalue weighted by molar-refractivity contribution is -0.167. The summed E-state index contributed by atoms with van der Waals surface area (Å²) < 4.78 is 16.9. The van der Waals surface area contributed by atoms with Gasteiger partial charge in [0.25, 0.3) is 0 Å². The van der Waals surface area contributed by atoms with Gasteiger partial charge < -0.3 is 14.2 Å². The number of allylic oxidation sites excluding steroid dienone is 20. The van der Waals surface area contributed by atoms with Crippen LogP contribution in [-0.4, -0.2) is 37.2 Å². The fourth-order valence-electron chi connectivity index (χ4n) is 8.84. The Kier molecular flexibility index (Phi) is 61.8. The van der Waals surface area contributed by atoms with E-state index in [2.05, 4.69) is 142 Å².